The molecule has 0 aromatic carbocycles. The van der Waals surface area contributed by atoms with E-state index in [1.54, 1.807) is 0 Å². The molecule has 0 spiro atoms. The molecule has 0 aliphatic rings. The van der Waals surface area contributed by atoms with Gasteiger partial charge in [-0.2, -0.15) is 0 Å². The summed E-state index contributed by atoms with van der Waals surface area (Å²) < 4.78 is 0. The summed E-state index contributed by atoms with van der Waals surface area (Å²) in [6.07, 6.45) is 0. The van der Waals surface area contributed by atoms with E-state index in [4.69, 9.17) is 0 Å². The summed E-state index contributed by atoms with van der Waals surface area (Å²) in [5, 5.41) is 0. The molecule has 0 amide bonds. The predicted octanol–water partition coefficient (Wildman–Crippen LogP) is -2.36. The molecule has 0 bridgehead atoms. The Labute approximate surface area is 151 Å². The van der Waals surface area contributed by atoms with E-state index < -0.39 is 0 Å². The van der Waals surface area contributed by atoms with E-state index in [0.717, 1.165) is 0 Å². The van der Waals surface area contributed by atoms with Crippen LogP contribution in [0.1, 0.15) is 0 Å². The maximum Gasteiger partial charge on any atom is 3.00 e. The molecule has 7 nitrogen and oxygen atoms in total. The minimum Gasteiger partial charge on any atom is -2.00 e. The van der Waals surface area contributed by atoms with Crippen LogP contribution in [0.15, 0.2) is 0 Å². The molecule has 2 radical (unpaired) electrons. The van der Waals surface area contributed by atoms with Crippen LogP contribution in [-0.2, 0) is 72.5 Å². The van der Waals surface area contributed by atoms with Crippen LogP contribution >= 0.6 is 0 Å². The molecule has 0 aliphatic heterocycles. The summed E-state index contributed by atoms with van der Waals surface area (Å²) in [6, 6.07) is 0. The summed E-state index contributed by atoms with van der Waals surface area (Å²) in [6.45, 7) is 0. The van der Waals surface area contributed by atoms with Crippen molar-refractivity contribution < 1.29 is 72.5 Å². The molecule has 0 aromatic rings. The second-order valence-electron chi connectivity index (χ2n) is 0. The third-order valence-corrected chi connectivity index (χ3v) is 0. The quantitative estimate of drug-likeness (QED) is 0.424. The van der Waals surface area contributed by atoms with Gasteiger partial charge in [-0.25, -0.2) is 0 Å². The van der Waals surface area contributed by atoms with Crippen molar-refractivity contribution in [1.29, 1.82) is 0 Å². The van der Waals surface area contributed by atoms with E-state index in [9.17, 15) is 0 Å². The summed E-state index contributed by atoms with van der Waals surface area (Å²) in [5.41, 5.74) is 0. The van der Waals surface area contributed by atoms with Crippen LogP contribution < -0.4 is 0 Å². The van der Waals surface area contributed by atoms with E-state index >= 15 is 0 Å². The maximum atomic E-state index is 0. The van der Waals surface area contributed by atoms with Crippen LogP contribution in [0.4, 0.5) is 0 Å². The zero-order valence-corrected chi connectivity index (χ0v) is 13.1. The minimum atomic E-state index is 0. The topological polar surface area (TPSA) is 200 Å². The molecule has 0 fully saturated rings. The fourth-order valence-corrected chi connectivity index (χ4v) is 0. The molecule has 13 heavy (non-hydrogen) atoms. The van der Waals surface area contributed by atoms with E-state index in [2.05, 4.69) is 0 Å². The molecule has 0 saturated carbocycles. The smallest absolute Gasteiger partial charge is 2.00 e. The average molecular weight is 342 g/mol. The van der Waals surface area contributed by atoms with Crippen molar-refractivity contribution in [3.63, 3.8) is 0 Å². The van der Waals surface area contributed by atoms with Crippen molar-refractivity contribution in [3.8, 4) is 0 Å². The van der Waals surface area contributed by atoms with Gasteiger partial charge in [0.15, 0.2) is 0 Å². The monoisotopic (exact) mass is 340 g/mol. The molecule has 0 aromatic heterocycles. The summed E-state index contributed by atoms with van der Waals surface area (Å²) in [4.78, 5) is 0. The molecule has 0 unspecified atom stereocenters. The van der Waals surface area contributed by atoms with Crippen molar-refractivity contribution in [2.24, 2.45) is 0 Å². The van der Waals surface area contributed by atoms with Crippen LogP contribution in [0.3, 0.4) is 0 Å². The van der Waals surface area contributed by atoms with Gasteiger partial charge in [-0.1, -0.05) is 0 Å². The largest absolute Gasteiger partial charge is 3.00 e. The van der Waals surface area contributed by atoms with Gasteiger partial charge in [0.1, 0.15) is 0 Å². The van der Waals surface area contributed by atoms with Crippen LogP contribution in [0.25, 0.3) is 0 Å². The Kier molecular flexibility index (Phi) is 7400. The van der Waals surface area contributed by atoms with Crippen molar-refractivity contribution >= 4 is 80.8 Å². The van der Waals surface area contributed by atoms with Gasteiger partial charge in [0.25, 0.3) is 0 Å². The van der Waals surface area contributed by atoms with Crippen LogP contribution in [0.5, 0.6) is 0 Å². The molecule has 0 heterocycles. The molecule has 0 saturated heterocycles. The van der Waals surface area contributed by atoms with Gasteiger partial charge in [0, 0.05) is 0 Å². The van der Waals surface area contributed by atoms with Crippen molar-refractivity contribution in [1.82, 2.24) is 0 Å². The van der Waals surface area contributed by atoms with E-state index in [1.807, 2.05) is 0 Å². The third-order valence-electron chi connectivity index (χ3n) is 0. The summed E-state index contributed by atoms with van der Waals surface area (Å²) >= 11 is 0. The normalized spacial score (nSPS) is 0. The average Bonchev–Trinajstić information content (AvgIpc) is 0. The van der Waals surface area contributed by atoms with Crippen LogP contribution in [0, 0.1) is 0 Å². The van der Waals surface area contributed by atoms with E-state index in [0.29, 0.717) is 0 Å². The van der Waals surface area contributed by atoms with E-state index in [-0.39, 0.29) is 153 Å². The van der Waals surface area contributed by atoms with Gasteiger partial charge in [-0.15, -0.1) is 0 Å². The Morgan fingerprint density at radius 3 is 0.308 bits per heavy atom. The first kappa shape index (κ1) is 342. The third kappa shape index (κ3) is 243. The number of hydrogen-bond acceptors (Lipinski definition) is 0. The van der Waals surface area contributed by atoms with Gasteiger partial charge in [-0.05, 0) is 0 Å². The second-order valence-corrected chi connectivity index (χ2v) is 0. The molecular weight excluding hydrogens is 342 g/mol. The minimum absolute atomic E-state index is 0. The van der Waals surface area contributed by atoms with Gasteiger partial charge >= 0.3 is 115 Å². The molecule has 0 atom stereocenters. The Morgan fingerprint density at radius 1 is 0.308 bits per heavy atom. The predicted molar refractivity (Wildman–Crippen MR) is 27.8 cm³/mol. The Morgan fingerprint density at radius 2 is 0.308 bits per heavy atom. The zero-order chi connectivity index (χ0) is 0. The van der Waals surface area contributed by atoms with Crippen molar-refractivity contribution in [2.45, 2.75) is 0 Å². The second kappa shape index (κ2) is 281. The first-order valence-electron chi connectivity index (χ1n) is 0. The fourth-order valence-electron chi connectivity index (χ4n) is 0. The molecule has 0 N–H and O–H groups in total. The first-order valence-corrected chi connectivity index (χ1v) is 0. The summed E-state index contributed by atoms with van der Waals surface area (Å²) in [7, 11) is 0. The van der Waals surface area contributed by atoms with Crippen LogP contribution in [-0.4, -0.2) is 80.8 Å². The van der Waals surface area contributed by atoms with Gasteiger partial charge in [0.2, 0.25) is 0 Å². The first-order chi connectivity index (χ1) is 0. The van der Waals surface area contributed by atoms with E-state index in [1.165, 1.54) is 0 Å². The molecule has 0 rings (SSSR count). The Hall–Kier alpha value is 3.36. The number of hydrogen-bond donors (Lipinski definition) is 0. The summed E-state index contributed by atoms with van der Waals surface area (Å²) in [5.74, 6) is 0. The van der Waals surface area contributed by atoms with Crippen LogP contribution in [0.2, 0.25) is 0 Å². The van der Waals surface area contributed by atoms with Crippen molar-refractivity contribution in [2.75, 3.05) is 0 Å². The fraction of sp³-hybridized carbons (Fsp3) is 0. The molecule has 74 valence electrons. The Balaban J connectivity index is 0. The Bertz CT molecular complexity index is 22.5. The molecule has 0 aliphatic carbocycles. The van der Waals surface area contributed by atoms with Gasteiger partial charge < -0.3 is 38.3 Å². The van der Waals surface area contributed by atoms with Crippen molar-refractivity contribution in [3.05, 3.63) is 0 Å². The standard InChI is InChI=1S/2Al.2Cu.2Mg.7O/q2*+3;4*+2;7*-2. The zero-order valence-electron chi connectivity index (χ0n) is 6.03. The maximum absolute atomic E-state index is 0. The SMILES string of the molecule is [Al+3].[Al+3].[Cu+2].[Cu+2].[Mg+2].[Mg+2].[O-2].[O-2].[O-2].[O-2].[O-2].[O-2].[O-2]. The molecular formula is Al2Cu2Mg2O7. The van der Waals surface area contributed by atoms with Gasteiger partial charge in [0.05, 0.1) is 0 Å². The van der Waals surface area contributed by atoms with Gasteiger partial charge in [-0.3, -0.25) is 0 Å². The molecule has 13 heteroatoms. The number of rotatable bonds is 0.